The number of β-amino-alcohol motifs (C(OH)–C–C–N with tert-alkyl or cyclic N) is 1. The van der Waals surface area contributed by atoms with E-state index < -0.39 is 5.60 Å². The van der Waals surface area contributed by atoms with Crippen LogP contribution in [0.3, 0.4) is 0 Å². The second-order valence-corrected chi connectivity index (χ2v) is 7.18. The normalized spacial score (nSPS) is 21.1. The molecule has 1 aromatic heterocycles. The van der Waals surface area contributed by atoms with Crippen LogP contribution in [0.5, 0.6) is 5.75 Å². The van der Waals surface area contributed by atoms with Gasteiger partial charge < -0.3 is 19.3 Å². The number of hydrogen-bond acceptors (Lipinski definition) is 5. The summed E-state index contributed by atoms with van der Waals surface area (Å²) in [5, 5.41) is 10.7. The highest BCUT2D eigenvalue weighted by Gasteiger charge is 2.36. The van der Waals surface area contributed by atoms with E-state index in [1.165, 1.54) is 5.56 Å². The number of hydrogen-bond donors (Lipinski definition) is 1. The van der Waals surface area contributed by atoms with Gasteiger partial charge in [-0.25, -0.2) is 4.98 Å². The van der Waals surface area contributed by atoms with Gasteiger partial charge >= 0.3 is 0 Å². The average Bonchev–Trinajstić information content (AvgIpc) is 3.18. The minimum absolute atomic E-state index is 0.609. The van der Waals surface area contributed by atoms with Crippen LogP contribution in [-0.4, -0.2) is 70.4 Å². The first-order valence-electron chi connectivity index (χ1n) is 8.80. The number of aromatic nitrogens is 2. The van der Waals surface area contributed by atoms with E-state index in [1.54, 1.807) is 12.5 Å². The van der Waals surface area contributed by atoms with Crippen LogP contribution in [0.25, 0.3) is 0 Å². The average molecular weight is 344 g/mol. The van der Waals surface area contributed by atoms with Gasteiger partial charge in [-0.3, -0.25) is 4.90 Å². The molecule has 1 fully saturated rings. The third-order valence-corrected chi connectivity index (χ3v) is 4.55. The third-order valence-electron chi connectivity index (χ3n) is 4.55. The summed E-state index contributed by atoms with van der Waals surface area (Å²) in [5.74, 6) is 0.922. The van der Waals surface area contributed by atoms with Crippen molar-refractivity contribution in [3.63, 3.8) is 0 Å². The van der Waals surface area contributed by atoms with Gasteiger partial charge in [-0.2, -0.15) is 0 Å². The molecule has 0 radical (unpaired) electrons. The first kappa shape index (κ1) is 17.9. The Morgan fingerprint density at radius 1 is 1.32 bits per heavy atom. The SMILES string of the molecule is CN(C)CC1(O)CCN(Cc2ccccc2OCCn2ccnc2)C1. The molecule has 0 amide bonds. The zero-order chi connectivity index (χ0) is 17.7. The number of likely N-dealkylation sites (N-methyl/N-ethyl adjacent to an activating group) is 1. The summed E-state index contributed by atoms with van der Waals surface area (Å²) < 4.78 is 8.00. The van der Waals surface area contributed by atoms with E-state index in [2.05, 4.69) is 20.9 Å². The van der Waals surface area contributed by atoms with Gasteiger partial charge in [0.05, 0.1) is 18.5 Å². The van der Waals surface area contributed by atoms with Gasteiger partial charge in [-0.05, 0) is 26.6 Å². The maximum absolute atomic E-state index is 10.7. The number of benzene rings is 1. The first-order chi connectivity index (χ1) is 12.0. The highest BCUT2D eigenvalue weighted by Crippen LogP contribution is 2.26. The fourth-order valence-electron chi connectivity index (χ4n) is 3.49. The van der Waals surface area contributed by atoms with E-state index in [-0.39, 0.29) is 0 Å². The van der Waals surface area contributed by atoms with Crippen LogP contribution in [0.1, 0.15) is 12.0 Å². The topological polar surface area (TPSA) is 53.8 Å². The summed E-state index contributed by atoms with van der Waals surface area (Å²) in [6, 6.07) is 8.17. The summed E-state index contributed by atoms with van der Waals surface area (Å²) in [7, 11) is 4.01. The maximum atomic E-state index is 10.7. The molecule has 1 aliphatic rings. The van der Waals surface area contributed by atoms with Crippen molar-refractivity contribution in [1.29, 1.82) is 0 Å². The lowest BCUT2D eigenvalue weighted by atomic mass is 10.0. The Balaban J connectivity index is 1.56. The predicted molar refractivity (Wildman–Crippen MR) is 97.6 cm³/mol. The highest BCUT2D eigenvalue weighted by atomic mass is 16.5. The van der Waals surface area contributed by atoms with Crippen LogP contribution in [0.15, 0.2) is 43.0 Å². The van der Waals surface area contributed by atoms with Crippen molar-refractivity contribution >= 4 is 0 Å². The molecule has 2 heterocycles. The first-order valence-corrected chi connectivity index (χ1v) is 8.80. The summed E-state index contributed by atoms with van der Waals surface area (Å²) >= 11 is 0. The molecular weight excluding hydrogens is 316 g/mol. The van der Waals surface area contributed by atoms with Crippen molar-refractivity contribution in [3.8, 4) is 5.75 Å². The minimum atomic E-state index is -0.610. The fraction of sp³-hybridized carbons (Fsp3) is 0.526. The molecule has 3 rings (SSSR count). The van der Waals surface area contributed by atoms with E-state index in [4.69, 9.17) is 4.74 Å². The van der Waals surface area contributed by atoms with Crippen molar-refractivity contribution in [1.82, 2.24) is 19.4 Å². The van der Waals surface area contributed by atoms with Crippen molar-refractivity contribution < 1.29 is 9.84 Å². The van der Waals surface area contributed by atoms with Gasteiger partial charge in [0.15, 0.2) is 0 Å². The second-order valence-electron chi connectivity index (χ2n) is 7.18. The van der Waals surface area contributed by atoms with Crippen molar-refractivity contribution in [3.05, 3.63) is 48.5 Å². The van der Waals surface area contributed by atoms with Gasteiger partial charge in [0.1, 0.15) is 12.4 Å². The number of ether oxygens (including phenoxy) is 1. The number of para-hydroxylation sites is 1. The predicted octanol–water partition coefficient (Wildman–Crippen LogP) is 1.46. The molecule has 25 heavy (non-hydrogen) atoms. The van der Waals surface area contributed by atoms with Crippen LogP contribution >= 0.6 is 0 Å². The Bertz CT molecular complexity index is 659. The zero-order valence-corrected chi connectivity index (χ0v) is 15.1. The van der Waals surface area contributed by atoms with Gasteiger partial charge in [-0.15, -0.1) is 0 Å². The van der Waals surface area contributed by atoms with E-state index in [0.717, 1.165) is 31.8 Å². The van der Waals surface area contributed by atoms with Crippen LogP contribution in [0.2, 0.25) is 0 Å². The lowest BCUT2D eigenvalue weighted by Crippen LogP contribution is -2.42. The van der Waals surface area contributed by atoms with Gasteiger partial charge in [-0.1, -0.05) is 18.2 Å². The molecule has 0 spiro atoms. The molecule has 1 aliphatic heterocycles. The zero-order valence-electron chi connectivity index (χ0n) is 15.1. The van der Waals surface area contributed by atoms with E-state index >= 15 is 0 Å². The number of imidazole rings is 1. The van der Waals surface area contributed by atoms with Gasteiger partial charge in [0.2, 0.25) is 0 Å². The van der Waals surface area contributed by atoms with E-state index in [1.807, 2.05) is 43.1 Å². The molecule has 1 aromatic carbocycles. The second kappa shape index (κ2) is 7.99. The summed E-state index contributed by atoms with van der Waals surface area (Å²) in [5.41, 5.74) is 0.558. The molecule has 1 unspecified atom stereocenters. The Hall–Kier alpha value is -1.89. The number of nitrogens with zero attached hydrogens (tertiary/aromatic N) is 4. The number of likely N-dealkylation sites (tertiary alicyclic amines) is 1. The number of aliphatic hydroxyl groups is 1. The summed E-state index contributed by atoms with van der Waals surface area (Å²) in [6.45, 7) is 4.50. The van der Waals surface area contributed by atoms with E-state index in [9.17, 15) is 5.11 Å². The Kier molecular flexibility index (Phi) is 5.73. The Morgan fingerprint density at radius 3 is 2.92 bits per heavy atom. The summed E-state index contributed by atoms with van der Waals surface area (Å²) in [4.78, 5) is 8.40. The monoisotopic (exact) mass is 344 g/mol. The molecule has 1 saturated heterocycles. The molecule has 0 aliphatic carbocycles. The molecule has 2 aromatic rings. The van der Waals surface area contributed by atoms with Crippen LogP contribution in [0, 0.1) is 0 Å². The van der Waals surface area contributed by atoms with Crippen LogP contribution in [0.4, 0.5) is 0 Å². The van der Waals surface area contributed by atoms with Crippen molar-refractivity contribution in [2.75, 3.05) is 40.3 Å². The van der Waals surface area contributed by atoms with Gasteiger partial charge in [0.25, 0.3) is 0 Å². The third kappa shape index (κ3) is 5.04. The standard InChI is InChI=1S/C19H28N4O2/c1-21(2)14-19(24)7-9-23(15-19)13-17-5-3-4-6-18(17)25-12-11-22-10-8-20-16-22/h3-6,8,10,16,24H,7,9,11-15H2,1-2H3. The largest absolute Gasteiger partial charge is 0.491 e. The van der Waals surface area contributed by atoms with Crippen molar-refractivity contribution in [2.24, 2.45) is 0 Å². The lowest BCUT2D eigenvalue weighted by Gasteiger charge is -2.27. The molecule has 136 valence electrons. The molecule has 1 atom stereocenters. The lowest BCUT2D eigenvalue weighted by molar-refractivity contribution is 0.0239. The molecule has 6 nitrogen and oxygen atoms in total. The van der Waals surface area contributed by atoms with E-state index in [0.29, 0.717) is 19.7 Å². The number of rotatable bonds is 8. The van der Waals surface area contributed by atoms with Gasteiger partial charge in [0, 0.05) is 44.1 Å². The van der Waals surface area contributed by atoms with Crippen molar-refractivity contribution in [2.45, 2.75) is 25.1 Å². The maximum Gasteiger partial charge on any atom is 0.123 e. The fourth-order valence-corrected chi connectivity index (χ4v) is 3.49. The molecular formula is C19H28N4O2. The molecule has 1 N–H and O–H groups in total. The highest BCUT2D eigenvalue weighted by molar-refractivity contribution is 5.33. The molecule has 0 bridgehead atoms. The quantitative estimate of drug-likeness (QED) is 0.786. The minimum Gasteiger partial charge on any atom is -0.491 e. The Labute approximate surface area is 149 Å². The summed E-state index contributed by atoms with van der Waals surface area (Å²) in [6.07, 6.45) is 6.32. The molecule has 0 saturated carbocycles. The smallest absolute Gasteiger partial charge is 0.123 e. The van der Waals surface area contributed by atoms with Crippen LogP contribution in [-0.2, 0) is 13.1 Å². The van der Waals surface area contributed by atoms with Crippen LogP contribution < -0.4 is 4.74 Å². The Morgan fingerprint density at radius 2 is 2.16 bits per heavy atom. The molecule has 6 heteroatoms.